The van der Waals surface area contributed by atoms with Crippen molar-refractivity contribution in [2.45, 2.75) is 74.3 Å². The third-order valence-corrected chi connectivity index (χ3v) is 11.5. The molecule has 6 aromatic rings. The molecule has 9 rings (SSSR count). The first-order valence-corrected chi connectivity index (χ1v) is 22.4. The maximum Gasteiger partial charge on any atom is 0.337 e. The fraction of sp³-hybridized carbons (Fsp3) is 0.360. The summed E-state index contributed by atoms with van der Waals surface area (Å²) in [6.07, 6.45) is -14.3. The van der Waals surface area contributed by atoms with Crippen LogP contribution in [0.2, 0.25) is 0 Å². The molecule has 24 heteroatoms. The van der Waals surface area contributed by atoms with Crippen LogP contribution in [-0.4, -0.2) is 166 Å². The summed E-state index contributed by atoms with van der Waals surface area (Å²) < 4.78 is 50.7. The van der Waals surface area contributed by atoms with Crippen LogP contribution in [0, 0.1) is 0 Å². The highest BCUT2D eigenvalue weighted by atomic mass is 16.7. The van der Waals surface area contributed by atoms with Gasteiger partial charge in [0.15, 0.2) is 52.4 Å². The van der Waals surface area contributed by atoms with Gasteiger partial charge in [-0.25, -0.2) is 9.59 Å². The highest BCUT2D eigenvalue weighted by Gasteiger charge is 2.49. The summed E-state index contributed by atoms with van der Waals surface area (Å²) in [6.45, 7) is 2.00. The number of phenols is 3. The molecule has 0 saturated carbocycles. The molecule has 10 N–H and O–H groups in total. The number of hydrogen-bond donors (Lipinski definition) is 10. The van der Waals surface area contributed by atoms with Gasteiger partial charge >= 0.3 is 11.9 Å². The summed E-state index contributed by atoms with van der Waals surface area (Å²) in [6, 6.07) is 22.9. The van der Waals surface area contributed by atoms with Gasteiger partial charge in [0.2, 0.25) is 17.8 Å². The number of esters is 2. The molecule has 10 atom stereocenters. The minimum Gasteiger partial charge on any atom is -0.504 e. The van der Waals surface area contributed by atoms with Crippen LogP contribution in [0.3, 0.4) is 0 Å². The molecule has 3 aliphatic rings. The predicted molar refractivity (Wildman–Crippen MR) is 254 cm³/mol. The third kappa shape index (κ3) is 12.3. The Morgan fingerprint density at radius 3 is 1.43 bits per heavy atom. The highest BCUT2D eigenvalue weighted by Crippen LogP contribution is 2.44. The topological polar surface area (TPSA) is 371 Å². The molecule has 0 aliphatic carbocycles. The van der Waals surface area contributed by atoms with Crippen molar-refractivity contribution in [3.8, 4) is 57.1 Å². The van der Waals surface area contributed by atoms with Crippen molar-refractivity contribution in [3.05, 3.63) is 105 Å². The highest BCUT2D eigenvalue weighted by molar-refractivity contribution is 5.90. The number of ether oxygens (including phenoxy) is 8. The number of carbonyl (C=O) groups excluding carboxylic acids is 2. The molecule has 24 nitrogen and oxygen atoms in total. The van der Waals surface area contributed by atoms with E-state index in [2.05, 4.69) is 14.2 Å². The average molecular weight is 1040 g/mol. The number of carbonyl (C=O) groups is 2. The van der Waals surface area contributed by atoms with E-state index in [9.17, 15) is 60.0 Å². The van der Waals surface area contributed by atoms with Gasteiger partial charge in [0.25, 0.3) is 0 Å². The van der Waals surface area contributed by atoms with Gasteiger partial charge in [0, 0.05) is 48.6 Å². The number of benzene rings is 4. The van der Waals surface area contributed by atoms with Gasteiger partial charge in [-0.1, -0.05) is 60.7 Å². The van der Waals surface area contributed by atoms with E-state index in [-0.39, 0.29) is 50.7 Å². The Hall–Kier alpha value is -7.36. The molecule has 3 saturated heterocycles. The third-order valence-electron chi connectivity index (χ3n) is 11.5. The van der Waals surface area contributed by atoms with Crippen molar-refractivity contribution < 1.29 is 107 Å². The number of hydrogen-bond acceptors (Lipinski definition) is 24. The lowest BCUT2D eigenvalue weighted by atomic mass is 9.99. The van der Waals surface area contributed by atoms with Gasteiger partial charge in [-0.2, -0.15) is 0 Å². The Labute approximate surface area is 418 Å². The number of aliphatic hydroxyl groups excluding tert-OH is 7. The molecule has 74 heavy (non-hydrogen) atoms. The largest absolute Gasteiger partial charge is 0.504 e. The molecular formula is C50H54O24. The van der Waals surface area contributed by atoms with Crippen molar-refractivity contribution in [2.24, 2.45) is 0 Å². The monoisotopic (exact) mass is 1040 g/mol. The molecule has 0 bridgehead atoms. The maximum absolute atomic E-state index is 12.8. The Bertz CT molecular complexity index is 2970. The summed E-state index contributed by atoms with van der Waals surface area (Å²) >= 11 is 0. The van der Waals surface area contributed by atoms with Crippen LogP contribution >= 0.6 is 0 Å². The SMILES string of the molecule is C1CCOC1.COC(=O)C1OC(O)C(O)[C@@H](O)[C@@H]1O.COC(=O)C1O[C@@H](Oc2cc3oc(-c4ccccc4)cc(=O)c3c(O)c2OC)C(O)[C@@H](O)[C@@H]1O.COc1c(O)cc2oc(-c3ccccc3)cc(=O)c2c1O. The van der Waals surface area contributed by atoms with Gasteiger partial charge in [0.1, 0.15) is 70.1 Å². The van der Waals surface area contributed by atoms with E-state index in [0.717, 1.165) is 33.0 Å². The van der Waals surface area contributed by atoms with Crippen LogP contribution in [-0.2, 0) is 33.3 Å². The summed E-state index contributed by atoms with van der Waals surface area (Å²) in [5.74, 6) is -3.31. The minimum atomic E-state index is -1.81. The van der Waals surface area contributed by atoms with Crippen LogP contribution in [0.25, 0.3) is 44.6 Å². The standard InChI is InChI=1S/C23H22O11.C16H12O5.C7H12O7.C4H8O/c1-30-20-14(33-23-19(28)17(26)18(27)21(34-23)22(29)31-2)9-13-15(16(20)25)11(24)8-12(32-13)10-6-4-3-5-7-10;1-20-16-11(18)8-13-14(15(16)19)10(17)7-12(21-13)9-5-3-2-4-6-9;1-13-7(12)5-3(9)2(8)4(10)6(11)14-5;1-2-4-5-3-1/h3-9,17-19,21,23,25-28H,1-2H3;2-8,18-19H,1H3;2-6,8-11H,1H3;1-4H2/t17-,18-,19?,21?,23+;;2-,3-,4?,5?,6?;/m0.0./s1. The number of rotatable bonds is 8. The molecule has 0 spiro atoms. The Balaban J connectivity index is 0.000000188. The van der Waals surface area contributed by atoms with Crippen LogP contribution < -0.4 is 25.1 Å². The van der Waals surface area contributed by atoms with E-state index in [1.165, 1.54) is 51.3 Å². The lowest BCUT2D eigenvalue weighted by Crippen LogP contribution is -2.61. The second-order valence-corrected chi connectivity index (χ2v) is 16.3. The van der Waals surface area contributed by atoms with Gasteiger partial charge in [0.05, 0.1) is 28.4 Å². The molecule has 5 heterocycles. The number of aromatic hydroxyl groups is 3. The van der Waals surface area contributed by atoms with Crippen LogP contribution in [0.5, 0.6) is 34.5 Å². The van der Waals surface area contributed by atoms with Gasteiger partial charge in [-0.15, -0.1) is 0 Å². The first-order chi connectivity index (χ1) is 35.4. The molecular weight excluding hydrogens is 985 g/mol. The molecule has 3 fully saturated rings. The van der Waals surface area contributed by atoms with E-state index in [1.54, 1.807) is 42.5 Å². The van der Waals surface area contributed by atoms with E-state index in [0.29, 0.717) is 11.3 Å². The second-order valence-electron chi connectivity index (χ2n) is 16.3. The fourth-order valence-electron chi connectivity index (χ4n) is 7.57. The molecule has 3 aliphatic heterocycles. The Morgan fingerprint density at radius 2 is 0.986 bits per heavy atom. The van der Waals surface area contributed by atoms with Gasteiger partial charge in [-0.3, -0.25) is 9.59 Å². The summed E-state index contributed by atoms with van der Waals surface area (Å²) in [4.78, 5) is 47.9. The van der Waals surface area contributed by atoms with E-state index < -0.39 is 95.7 Å². The molecule has 5 unspecified atom stereocenters. The van der Waals surface area contributed by atoms with Crippen molar-refractivity contribution in [1.29, 1.82) is 0 Å². The fourth-order valence-corrected chi connectivity index (χ4v) is 7.57. The first-order valence-electron chi connectivity index (χ1n) is 22.4. The quantitative estimate of drug-likeness (QED) is 0.0956. The van der Waals surface area contributed by atoms with Crippen LogP contribution in [0.1, 0.15) is 12.8 Å². The van der Waals surface area contributed by atoms with Gasteiger partial charge in [-0.05, 0) is 12.8 Å². The van der Waals surface area contributed by atoms with Gasteiger partial charge < -0.3 is 97.8 Å². The Morgan fingerprint density at radius 1 is 0.541 bits per heavy atom. The second kappa shape index (κ2) is 25.0. The van der Waals surface area contributed by atoms with Crippen LogP contribution in [0.4, 0.5) is 0 Å². The van der Waals surface area contributed by atoms with E-state index in [1.807, 2.05) is 18.2 Å². The zero-order chi connectivity index (χ0) is 54.0. The van der Waals surface area contributed by atoms with Crippen molar-refractivity contribution in [3.63, 3.8) is 0 Å². The number of fused-ring (bicyclic) bond motifs is 2. The molecule has 0 amide bonds. The normalized spacial score (nSPS) is 24.1. The molecule has 4 aromatic carbocycles. The number of aliphatic hydroxyl groups is 7. The smallest absolute Gasteiger partial charge is 0.337 e. The van der Waals surface area contributed by atoms with Crippen molar-refractivity contribution >= 4 is 33.9 Å². The van der Waals surface area contributed by atoms with Crippen LogP contribution in [0.15, 0.2) is 103 Å². The predicted octanol–water partition coefficient (Wildman–Crippen LogP) is 1.17. The lowest BCUT2D eigenvalue weighted by molar-refractivity contribution is -0.280. The maximum atomic E-state index is 12.8. The zero-order valence-electron chi connectivity index (χ0n) is 39.9. The van der Waals surface area contributed by atoms with E-state index in [4.69, 9.17) is 42.7 Å². The average Bonchev–Trinajstić information content (AvgIpc) is 4.00. The summed E-state index contributed by atoms with van der Waals surface area (Å²) in [5.41, 5.74) is 0.424. The van der Waals surface area contributed by atoms with E-state index >= 15 is 0 Å². The number of phenolic OH excluding ortho intramolecular Hbond substituents is 3. The summed E-state index contributed by atoms with van der Waals surface area (Å²) in [7, 11) is 4.63. The number of methoxy groups -OCH3 is 4. The van der Waals surface area contributed by atoms with Crippen molar-refractivity contribution in [2.75, 3.05) is 41.7 Å². The molecule has 398 valence electrons. The minimum absolute atomic E-state index is 0.0238. The van der Waals surface area contributed by atoms with Crippen molar-refractivity contribution in [1.82, 2.24) is 0 Å². The zero-order valence-corrected chi connectivity index (χ0v) is 39.9. The Kier molecular flexibility index (Phi) is 18.9. The first kappa shape index (κ1) is 55.9. The molecule has 0 radical (unpaired) electrons. The summed E-state index contributed by atoms with van der Waals surface area (Å²) in [5, 5.41) is 97.4. The molecule has 2 aromatic heterocycles. The lowest BCUT2D eigenvalue weighted by Gasteiger charge is -2.38.